The van der Waals surface area contributed by atoms with Crippen LogP contribution in [0, 0.1) is 0 Å². The van der Waals surface area contributed by atoms with Gasteiger partial charge in [-0.2, -0.15) is 0 Å². The number of ether oxygens (including phenoxy) is 1. The van der Waals surface area contributed by atoms with Crippen LogP contribution in [0.2, 0.25) is 0 Å². The van der Waals surface area contributed by atoms with Gasteiger partial charge in [-0.15, -0.1) is 13.2 Å². The maximum absolute atomic E-state index is 11.9. The summed E-state index contributed by atoms with van der Waals surface area (Å²) in [6.45, 7) is -0.139. The standard InChI is InChI=1S/C7H8F3N3O/c8-7(9,10)14-6-3-13-2-5(12)4(6)1-11/h2-3H,1,11-12H2. The zero-order valence-corrected chi connectivity index (χ0v) is 7.01. The van der Waals surface area contributed by atoms with E-state index in [4.69, 9.17) is 11.5 Å². The Morgan fingerprint density at radius 2 is 2.00 bits per heavy atom. The minimum Gasteiger partial charge on any atom is -0.404 e. The fourth-order valence-corrected chi connectivity index (χ4v) is 0.914. The first-order chi connectivity index (χ1) is 6.44. The Bertz CT molecular complexity index is 326. The molecule has 0 amide bonds. The average Bonchev–Trinajstić information content (AvgIpc) is 2.01. The molecule has 0 atom stereocenters. The Morgan fingerprint density at radius 1 is 1.36 bits per heavy atom. The molecule has 1 heterocycles. The molecule has 0 spiro atoms. The van der Waals surface area contributed by atoms with E-state index in [0.717, 1.165) is 6.20 Å². The van der Waals surface area contributed by atoms with Gasteiger partial charge in [0.2, 0.25) is 0 Å². The fourth-order valence-electron chi connectivity index (χ4n) is 0.914. The molecule has 0 aliphatic rings. The summed E-state index contributed by atoms with van der Waals surface area (Å²) in [6.07, 6.45) is -2.63. The molecule has 1 aromatic rings. The number of nitrogens with two attached hydrogens (primary N) is 2. The monoisotopic (exact) mass is 207 g/mol. The summed E-state index contributed by atoms with van der Waals surface area (Å²) in [7, 11) is 0. The van der Waals surface area contributed by atoms with Crippen LogP contribution in [0.4, 0.5) is 18.9 Å². The van der Waals surface area contributed by atoms with E-state index in [1.807, 2.05) is 0 Å². The van der Waals surface area contributed by atoms with Crippen molar-refractivity contribution in [2.45, 2.75) is 12.9 Å². The van der Waals surface area contributed by atoms with Gasteiger partial charge >= 0.3 is 6.36 Å². The molecule has 0 fully saturated rings. The Hall–Kier alpha value is -1.50. The third kappa shape index (κ3) is 2.49. The number of hydrogen-bond acceptors (Lipinski definition) is 4. The first kappa shape index (κ1) is 10.6. The van der Waals surface area contributed by atoms with Crippen LogP contribution < -0.4 is 16.2 Å². The SMILES string of the molecule is NCc1c(N)cncc1OC(F)(F)F. The summed E-state index contributed by atoms with van der Waals surface area (Å²) in [5, 5.41) is 0. The Kier molecular flexibility index (Phi) is 2.80. The van der Waals surface area contributed by atoms with Gasteiger partial charge in [-0.25, -0.2) is 0 Å². The number of alkyl halides is 3. The molecule has 4 nitrogen and oxygen atoms in total. The summed E-state index contributed by atoms with van der Waals surface area (Å²) in [6, 6.07) is 0. The molecular formula is C7H8F3N3O. The quantitative estimate of drug-likeness (QED) is 0.759. The molecule has 0 saturated heterocycles. The second kappa shape index (κ2) is 3.70. The third-order valence-corrected chi connectivity index (χ3v) is 1.48. The summed E-state index contributed by atoms with van der Waals surface area (Å²) < 4.78 is 39.3. The van der Waals surface area contributed by atoms with Crippen molar-refractivity contribution in [2.24, 2.45) is 5.73 Å². The Morgan fingerprint density at radius 3 is 2.50 bits per heavy atom. The Labute approximate surface area is 77.7 Å². The molecular weight excluding hydrogens is 199 g/mol. The van der Waals surface area contributed by atoms with Gasteiger partial charge in [0.15, 0.2) is 5.75 Å². The van der Waals surface area contributed by atoms with Gasteiger partial charge in [0.05, 0.1) is 18.1 Å². The molecule has 4 N–H and O–H groups in total. The van der Waals surface area contributed by atoms with Crippen molar-refractivity contribution in [2.75, 3.05) is 5.73 Å². The first-order valence-electron chi connectivity index (χ1n) is 3.62. The van der Waals surface area contributed by atoms with Crippen molar-refractivity contribution < 1.29 is 17.9 Å². The van der Waals surface area contributed by atoms with E-state index in [2.05, 4.69) is 9.72 Å². The lowest BCUT2D eigenvalue weighted by molar-refractivity contribution is -0.275. The largest absolute Gasteiger partial charge is 0.573 e. The number of halogens is 3. The maximum atomic E-state index is 11.9. The van der Waals surface area contributed by atoms with E-state index in [1.54, 1.807) is 0 Å². The van der Waals surface area contributed by atoms with Crippen molar-refractivity contribution in [1.29, 1.82) is 0 Å². The van der Waals surface area contributed by atoms with Crippen LogP contribution in [-0.2, 0) is 6.54 Å². The zero-order valence-electron chi connectivity index (χ0n) is 7.01. The van der Waals surface area contributed by atoms with Gasteiger partial charge < -0.3 is 16.2 Å². The zero-order chi connectivity index (χ0) is 10.8. The van der Waals surface area contributed by atoms with Crippen molar-refractivity contribution in [1.82, 2.24) is 4.98 Å². The van der Waals surface area contributed by atoms with Gasteiger partial charge in [-0.3, -0.25) is 4.98 Å². The molecule has 0 bridgehead atoms. The highest BCUT2D eigenvalue weighted by atomic mass is 19.4. The van der Waals surface area contributed by atoms with E-state index < -0.39 is 12.1 Å². The maximum Gasteiger partial charge on any atom is 0.573 e. The number of pyridine rings is 1. The van der Waals surface area contributed by atoms with Gasteiger partial charge in [0, 0.05) is 12.1 Å². The predicted molar refractivity (Wildman–Crippen MR) is 43.2 cm³/mol. The topological polar surface area (TPSA) is 74.2 Å². The lowest BCUT2D eigenvalue weighted by Gasteiger charge is -2.12. The summed E-state index contributed by atoms with van der Waals surface area (Å²) in [5.74, 6) is -0.458. The van der Waals surface area contributed by atoms with Crippen LogP contribution in [0.5, 0.6) is 5.75 Å². The number of nitrogens with zero attached hydrogens (tertiary/aromatic N) is 1. The average molecular weight is 207 g/mol. The van der Waals surface area contributed by atoms with Crippen LogP contribution in [0.15, 0.2) is 12.4 Å². The second-order valence-electron chi connectivity index (χ2n) is 2.46. The highest BCUT2D eigenvalue weighted by Gasteiger charge is 2.32. The van der Waals surface area contributed by atoms with Gasteiger partial charge in [0.1, 0.15) is 0 Å². The van der Waals surface area contributed by atoms with Gasteiger partial charge in [-0.05, 0) is 0 Å². The van der Waals surface area contributed by atoms with E-state index in [9.17, 15) is 13.2 Å². The molecule has 14 heavy (non-hydrogen) atoms. The third-order valence-electron chi connectivity index (χ3n) is 1.48. The van der Waals surface area contributed by atoms with Gasteiger partial charge in [-0.1, -0.05) is 0 Å². The molecule has 0 radical (unpaired) electrons. The molecule has 1 rings (SSSR count). The van der Waals surface area contributed by atoms with Crippen LogP contribution in [0.1, 0.15) is 5.56 Å². The Balaban J connectivity index is 3.02. The summed E-state index contributed by atoms with van der Waals surface area (Å²) in [4.78, 5) is 3.47. The van der Waals surface area contributed by atoms with Gasteiger partial charge in [0.25, 0.3) is 0 Å². The summed E-state index contributed by atoms with van der Waals surface area (Å²) in [5.41, 5.74) is 10.7. The van der Waals surface area contributed by atoms with Crippen molar-refractivity contribution >= 4 is 5.69 Å². The van der Waals surface area contributed by atoms with Crippen molar-refractivity contribution in [3.63, 3.8) is 0 Å². The highest BCUT2D eigenvalue weighted by Crippen LogP contribution is 2.28. The van der Waals surface area contributed by atoms with E-state index in [1.165, 1.54) is 6.20 Å². The van der Waals surface area contributed by atoms with Crippen molar-refractivity contribution in [3.8, 4) is 5.75 Å². The van der Waals surface area contributed by atoms with E-state index in [0.29, 0.717) is 0 Å². The fraction of sp³-hybridized carbons (Fsp3) is 0.286. The molecule has 7 heteroatoms. The number of aromatic nitrogens is 1. The first-order valence-corrected chi connectivity index (χ1v) is 3.62. The normalized spacial score (nSPS) is 11.4. The number of anilines is 1. The second-order valence-corrected chi connectivity index (χ2v) is 2.46. The molecule has 78 valence electrons. The number of rotatable bonds is 2. The van der Waals surface area contributed by atoms with Crippen molar-refractivity contribution in [3.05, 3.63) is 18.0 Å². The van der Waals surface area contributed by atoms with Crippen LogP contribution >= 0.6 is 0 Å². The molecule has 0 unspecified atom stereocenters. The van der Waals surface area contributed by atoms with Crippen LogP contribution in [0.25, 0.3) is 0 Å². The number of nitrogen functional groups attached to an aromatic ring is 1. The highest BCUT2D eigenvalue weighted by molar-refractivity contribution is 5.51. The molecule has 0 aromatic carbocycles. The van der Waals surface area contributed by atoms with Crippen LogP contribution in [-0.4, -0.2) is 11.3 Å². The lowest BCUT2D eigenvalue weighted by atomic mass is 10.2. The number of hydrogen-bond donors (Lipinski definition) is 2. The predicted octanol–water partition coefficient (Wildman–Crippen LogP) is 1.02. The molecule has 0 aliphatic heterocycles. The molecule has 0 aliphatic carbocycles. The minimum atomic E-state index is -4.76. The summed E-state index contributed by atoms with van der Waals surface area (Å²) >= 11 is 0. The lowest BCUT2D eigenvalue weighted by Crippen LogP contribution is -2.19. The van der Waals surface area contributed by atoms with Crippen LogP contribution in [0.3, 0.4) is 0 Å². The minimum absolute atomic E-state index is 0.0780. The van der Waals surface area contributed by atoms with E-state index >= 15 is 0 Å². The molecule has 1 aromatic heterocycles. The van der Waals surface area contributed by atoms with E-state index in [-0.39, 0.29) is 17.8 Å². The molecule has 0 saturated carbocycles. The smallest absolute Gasteiger partial charge is 0.404 e.